The molecule has 0 radical (unpaired) electrons. The maximum Gasteiger partial charge on any atom is 0.246 e. The van der Waals surface area contributed by atoms with Gasteiger partial charge < -0.3 is 0 Å². The Balaban J connectivity index is 1.61. The van der Waals surface area contributed by atoms with Crippen LogP contribution in [0.5, 0.6) is 0 Å². The van der Waals surface area contributed by atoms with E-state index in [2.05, 4.69) is 5.10 Å². The normalized spacial score (nSPS) is 18.1. The summed E-state index contributed by atoms with van der Waals surface area (Å²) in [7, 11) is -1.89. The molecule has 0 N–H and O–H groups in total. The number of benzene rings is 1. The van der Waals surface area contributed by atoms with Crippen LogP contribution >= 0.6 is 0 Å². The first-order valence-corrected chi connectivity index (χ1v) is 11.0. The molecular weight excluding hydrogens is 391 g/mol. The molecule has 1 aromatic carbocycles. The van der Waals surface area contributed by atoms with Crippen molar-refractivity contribution in [1.82, 2.24) is 19.1 Å². The molecular formula is C21H23FN4O2S. The predicted molar refractivity (Wildman–Crippen MR) is 108 cm³/mol. The monoisotopic (exact) mass is 414 g/mol. The molecule has 152 valence electrons. The summed E-state index contributed by atoms with van der Waals surface area (Å²) < 4.78 is 42.9. The highest BCUT2D eigenvalue weighted by Crippen LogP contribution is 2.31. The molecule has 1 atom stereocenters. The number of sulfonamides is 1. The minimum atomic E-state index is -3.61. The fraction of sp³-hybridized carbons (Fsp3) is 0.333. The van der Waals surface area contributed by atoms with Crippen molar-refractivity contribution in [2.24, 2.45) is 7.05 Å². The standard InChI is InChI=1S/C21H23FN4O2S/c1-15-21(14-25(2)24-15)29(27,28)26-11-5-7-17(13-26)20-10-4-9-19(23-20)16-6-3-8-18(22)12-16/h3-4,6,8-10,12,14,17H,5,7,11,13H2,1-2H3. The summed E-state index contributed by atoms with van der Waals surface area (Å²) in [5.41, 5.74) is 2.72. The fourth-order valence-corrected chi connectivity index (χ4v) is 5.58. The molecule has 2 aromatic heterocycles. The van der Waals surface area contributed by atoms with Gasteiger partial charge in [-0.2, -0.15) is 9.40 Å². The Morgan fingerprint density at radius 1 is 1.17 bits per heavy atom. The third-order valence-electron chi connectivity index (χ3n) is 5.28. The molecule has 1 aliphatic heterocycles. The molecule has 8 heteroatoms. The average Bonchev–Trinajstić information content (AvgIpc) is 3.07. The third-order valence-corrected chi connectivity index (χ3v) is 7.25. The summed E-state index contributed by atoms with van der Waals surface area (Å²) in [5, 5.41) is 4.17. The van der Waals surface area contributed by atoms with Gasteiger partial charge in [0.2, 0.25) is 10.0 Å². The van der Waals surface area contributed by atoms with Crippen molar-refractivity contribution in [3.63, 3.8) is 0 Å². The minimum absolute atomic E-state index is 0.0102. The van der Waals surface area contributed by atoms with Gasteiger partial charge in [0, 0.05) is 43.5 Å². The predicted octanol–water partition coefficient (Wildman–Crippen LogP) is 3.50. The van der Waals surface area contributed by atoms with Crippen molar-refractivity contribution in [3.8, 4) is 11.3 Å². The molecule has 1 saturated heterocycles. The Morgan fingerprint density at radius 3 is 2.69 bits per heavy atom. The van der Waals surface area contributed by atoms with E-state index in [9.17, 15) is 12.8 Å². The second-order valence-electron chi connectivity index (χ2n) is 7.41. The van der Waals surface area contributed by atoms with Crippen LogP contribution in [0.4, 0.5) is 4.39 Å². The van der Waals surface area contributed by atoms with E-state index in [0.717, 1.165) is 18.5 Å². The van der Waals surface area contributed by atoms with E-state index >= 15 is 0 Å². The lowest BCUT2D eigenvalue weighted by Crippen LogP contribution is -2.39. The van der Waals surface area contributed by atoms with Crippen LogP contribution in [-0.2, 0) is 17.1 Å². The lowest BCUT2D eigenvalue weighted by molar-refractivity contribution is 0.312. The van der Waals surface area contributed by atoms with E-state index in [1.54, 1.807) is 26.2 Å². The van der Waals surface area contributed by atoms with Crippen LogP contribution in [0.1, 0.15) is 30.1 Å². The summed E-state index contributed by atoms with van der Waals surface area (Å²) in [6, 6.07) is 12.0. The van der Waals surface area contributed by atoms with Crippen molar-refractivity contribution in [2.45, 2.75) is 30.6 Å². The molecule has 3 aromatic rings. The number of nitrogens with zero attached hydrogens (tertiary/aromatic N) is 4. The average molecular weight is 415 g/mol. The fourth-order valence-electron chi connectivity index (χ4n) is 3.86. The van der Waals surface area contributed by atoms with E-state index in [1.165, 1.54) is 21.1 Å². The zero-order valence-corrected chi connectivity index (χ0v) is 17.2. The summed E-state index contributed by atoms with van der Waals surface area (Å²) in [6.07, 6.45) is 3.17. The van der Waals surface area contributed by atoms with Crippen LogP contribution in [0.2, 0.25) is 0 Å². The van der Waals surface area contributed by atoms with Gasteiger partial charge in [0.25, 0.3) is 0 Å². The lowest BCUT2D eigenvalue weighted by atomic mass is 9.95. The molecule has 4 rings (SSSR count). The van der Waals surface area contributed by atoms with Gasteiger partial charge in [-0.1, -0.05) is 18.2 Å². The Hall–Kier alpha value is -2.58. The van der Waals surface area contributed by atoms with E-state index < -0.39 is 10.0 Å². The van der Waals surface area contributed by atoms with Gasteiger partial charge in [0.05, 0.1) is 11.4 Å². The molecule has 29 heavy (non-hydrogen) atoms. The number of hydrogen-bond acceptors (Lipinski definition) is 4. The Kier molecular flexibility index (Phi) is 5.23. The van der Waals surface area contributed by atoms with E-state index in [-0.39, 0.29) is 16.6 Å². The van der Waals surface area contributed by atoms with Gasteiger partial charge in [-0.25, -0.2) is 12.8 Å². The number of hydrogen-bond donors (Lipinski definition) is 0. The topological polar surface area (TPSA) is 68.1 Å². The van der Waals surface area contributed by atoms with Gasteiger partial charge >= 0.3 is 0 Å². The van der Waals surface area contributed by atoms with Gasteiger partial charge in [-0.3, -0.25) is 9.67 Å². The Labute approximate surface area is 170 Å². The zero-order valence-electron chi connectivity index (χ0n) is 16.4. The molecule has 1 unspecified atom stereocenters. The van der Waals surface area contributed by atoms with E-state index in [0.29, 0.717) is 30.0 Å². The Bertz CT molecular complexity index is 1140. The van der Waals surface area contributed by atoms with Crippen LogP contribution < -0.4 is 0 Å². The van der Waals surface area contributed by atoms with Gasteiger partial charge in [-0.05, 0) is 44.0 Å². The number of halogens is 1. The molecule has 3 heterocycles. The van der Waals surface area contributed by atoms with Crippen LogP contribution in [0, 0.1) is 12.7 Å². The van der Waals surface area contributed by atoms with Crippen molar-refractivity contribution in [3.05, 3.63) is 65.9 Å². The highest BCUT2D eigenvalue weighted by molar-refractivity contribution is 7.89. The molecule has 0 bridgehead atoms. The quantitative estimate of drug-likeness (QED) is 0.655. The third kappa shape index (κ3) is 3.95. The summed E-state index contributed by atoms with van der Waals surface area (Å²) in [5.74, 6) is -0.319. The van der Waals surface area contributed by atoms with Crippen molar-refractivity contribution >= 4 is 10.0 Å². The first kappa shape index (κ1) is 19.7. The van der Waals surface area contributed by atoms with Crippen LogP contribution in [0.15, 0.2) is 53.6 Å². The van der Waals surface area contributed by atoms with Crippen molar-refractivity contribution in [1.29, 1.82) is 0 Å². The lowest BCUT2D eigenvalue weighted by Gasteiger charge is -2.31. The van der Waals surface area contributed by atoms with Crippen LogP contribution in [-0.4, -0.2) is 40.6 Å². The van der Waals surface area contributed by atoms with Crippen LogP contribution in [0.3, 0.4) is 0 Å². The molecule has 6 nitrogen and oxygen atoms in total. The molecule has 1 aliphatic rings. The first-order valence-electron chi connectivity index (χ1n) is 9.58. The number of rotatable bonds is 4. The molecule has 0 saturated carbocycles. The number of aromatic nitrogens is 3. The number of aryl methyl sites for hydroxylation is 2. The van der Waals surface area contributed by atoms with Gasteiger partial charge in [0.15, 0.2) is 0 Å². The maximum absolute atomic E-state index is 13.6. The second kappa shape index (κ2) is 7.68. The second-order valence-corrected chi connectivity index (χ2v) is 9.32. The number of pyridine rings is 1. The molecule has 0 amide bonds. The smallest absolute Gasteiger partial charge is 0.246 e. The minimum Gasteiger partial charge on any atom is -0.274 e. The summed E-state index contributed by atoms with van der Waals surface area (Å²) >= 11 is 0. The molecule has 1 fully saturated rings. The maximum atomic E-state index is 13.6. The first-order chi connectivity index (χ1) is 13.8. The highest BCUT2D eigenvalue weighted by Gasteiger charge is 2.33. The van der Waals surface area contributed by atoms with Gasteiger partial charge in [-0.15, -0.1) is 0 Å². The summed E-state index contributed by atoms with van der Waals surface area (Å²) in [6.45, 7) is 2.56. The van der Waals surface area contributed by atoms with E-state index in [1.807, 2.05) is 24.3 Å². The van der Waals surface area contributed by atoms with E-state index in [4.69, 9.17) is 4.98 Å². The number of piperidine rings is 1. The zero-order chi connectivity index (χ0) is 20.6. The summed E-state index contributed by atoms with van der Waals surface area (Å²) in [4.78, 5) is 4.97. The molecule has 0 aliphatic carbocycles. The largest absolute Gasteiger partial charge is 0.274 e. The highest BCUT2D eigenvalue weighted by atomic mass is 32.2. The Morgan fingerprint density at radius 2 is 1.97 bits per heavy atom. The molecule has 0 spiro atoms. The van der Waals surface area contributed by atoms with Crippen molar-refractivity contribution < 1.29 is 12.8 Å². The van der Waals surface area contributed by atoms with Gasteiger partial charge in [0.1, 0.15) is 10.7 Å². The van der Waals surface area contributed by atoms with Crippen LogP contribution in [0.25, 0.3) is 11.3 Å². The van der Waals surface area contributed by atoms with Crippen molar-refractivity contribution in [2.75, 3.05) is 13.1 Å². The SMILES string of the molecule is Cc1nn(C)cc1S(=O)(=O)N1CCCC(c2cccc(-c3cccc(F)c3)n2)C1.